The van der Waals surface area contributed by atoms with Gasteiger partial charge in [0.05, 0.1) is 11.1 Å². The van der Waals surface area contributed by atoms with Crippen LogP contribution in [-0.4, -0.2) is 29.8 Å². The zero-order chi connectivity index (χ0) is 13.5. The Labute approximate surface area is 112 Å². The summed E-state index contributed by atoms with van der Waals surface area (Å²) in [5.41, 5.74) is 0. The number of rotatable bonds is 6. The van der Waals surface area contributed by atoms with Gasteiger partial charge in [-0.25, -0.2) is 0 Å². The van der Waals surface area contributed by atoms with Crippen LogP contribution in [0.25, 0.3) is 0 Å². The molecule has 1 aromatic carbocycles. The summed E-state index contributed by atoms with van der Waals surface area (Å²) in [6.07, 6.45) is -0.533. The smallest absolute Gasteiger partial charge is 0.260 e. The Bertz CT molecular complexity index is 396. The Morgan fingerprint density at radius 3 is 2.72 bits per heavy atom. The van der Waals surface area contributed by atoms with Crippen molar-refractivity contribution in [2.24, 2.45) is 0 Å². The van der Waals surface area contributed by atoms with Crippen molar-refractivity contribution >= 4 is 17.5 Å². The second-order valence-corrected chi connectivity index (χ2v) is 4.53. The fourth-order valence-electron chi connectivity index (χ4n) is 1.33. The van der Waals surface area contributed by atoms with Crippen LogP contribution in [0.3, 0.4) is 0 Å². The van der Waals surface area contributed by atoms with Gasteiger partial charge in [-0.1, -0.05) is 23.7 Å². The van der Waals surface area contributed by atoms with Crippen molar-refractivity contribution in [3.8, 4) is 5.75 Å². The third-order valence-corrected chi connectivity index (χ3v) is 2.68. The third-order valence-electron chi connectivity index (χ3n) is 2.37. The zero-order valence-electron chi connectivity index (χ0n) is 10.5. The molecule has 2 unspecified atom stereocenters. The van der Waals surface area contributed by atoms with Crippen molar-refractivity contribution in [2.75, 3.05) is 6.54 Å². The molecule has 1 aromatic rings. The number of nitrogens with one attached hydrogen (secondary N) is 1. The number of carbonyl (C=O) groups is 1. The molecule has 2 N–H and O–H groups in total. The van der Waals surface area contributed by atoms with Crippen molar-refractivity contribution in [2.45, 2.75) is 32.5 Å². The molecule has 18 heavy (non-hydrogen) atoms. The van der Waals surface area contributed by atoms with E-state index in [4.69, 9.17) is 21.4 Å². The van der Waals surface area contributed by atoms with E-state index in [1.807, 2.05) is 0 Å². The van der Waals surface area contributed by atoms with Gasteiger partial charge in [0.15, 0.2) is 6.10 Å². The Morgan fingerprint density at radius 1 is 1.44 bits per heavy atom. The first kappa shape index (κ1) is 14.8. The molecule has 4 nitrogen and oxygen atoms in total. The number of benzene rings is 1. The highest BCUT2D eigenvalue weighted by atomic mass is 35.5. The van der Waals surface area contributed by atoms with Crippen LogP contribution in [0.2, 0.25) is 5.02 Å². The molecular formula is C13H18ClNO3. The number of ether oxygens (including phenoxy) is 1. The highest BCUT2D eigenvalue weighted by Crippen LogP contribution is 2.24. The van der Waals surface area contributed by atoms with E-state index in [-0.39, 0.29) is 5.91 Å². The molecule has 100 valence electrons. The van der Waals surface area contributed by atoms with Gasteiger partial charge >= 0.3 is 0 Å². The Hall–Kier alpha value is -1.26. The maximum absolute atomic E-state index is 11.7. The number of amides is 1. The molecule has 1 rings (SSSR count). The van der Waals surface area contributed by atoms with Gasteiger partial charge in [-0.3, -0.25) is 4.79 Å². The van der Waals surface area contributed by atoms with E-state index in [1.54, 1.807) is 38.1 Å². The Kier molecular flexibility index (Phi) is 5.95. The molecule has 0 saturated heterocycles. The highest BCUT2D eigenvalue weighted by Gasteiger charge is 2.15. The van der Waals surface area contributed by atoms with Gasteiger partial charge in [0.1, 0.15) is 5.75 Å². The summed E-state index contributed by atoms with van der Waals surface area (Å²) in [5, 5.41) is 12.2. The first-order valence-corrected chi connectivity index (χ1v) is 6.25. The normalized spacial score (nSPS) is 13.8. The molecule has 1 amide bonds. The average molecular weight is 272 g/mol. The second kappa shape index (κ2) is 7.24. The fraction of sp³-hybridized carbons (Fsp3) is 0.462. The molecule has 2 atom stereocenters. The van der Waals surface area contributed by atoms with E-state index in [0.29, 0.717) is 23.7 Å². The molecule has 0 radical (unpaired) electrons. The number of hydrogen-bond acceptors (Lipinski definition) is 3. The van der Waals surface area contributed by atoms with Gasteiger partial charge in [0, 0.05) is 6.54 Å². The summed E-state index contributed by atoms with van der Waals surface area (Å²) in [7, 11) is 0. The molecule has 0 heterocycles. The van der Waals surface area contributed by atoms with Crippen molar-refractivity contribution < 1.29 is 14.6 Å². The largest absolute Gasteiger partial charge is 0.479 e. The van der Waals surface area contributed by atoms with Gasteiger partial charge in [0.2, 0.25) is 0 Å². The summed E-state index contributed by atoms with van der Waals surface area (Å²) in [6, 6.07) is 7.00. The molecule has 0 fully saturated rings. The number of halogens is 1. The first-order valence-electron chi connectivity index (χ1n) is 5.87. The maximum Gasteiger partial charge on any atom is 0.260 e. The summed E-state index contributed by atoms with van der Waals surface area (Å²) in [6.45, 7) is 3.75. The topological polar surface area (TPSA) is 58.6 Å². The summed E-state index contributed by atoms with van der Waals surface area (Å²) >= 11 is 5.93. The zero-order valence-corrected chi connectivity index (χ0v) is 11.3. The maximum atomic E-state index is 11.7. The van der Waals surface area contributed by atoms with Gasteiger partial charge in [0.25, 0.3) is 5.91 Å². The van der Waals surface area contributed by atoms with E-state index in [9.17, 15) is 4.79 Å². The van der Waals surface area contributed by atoms with Crippen LogP contribution in [0.1, 0.15) is 20.3 Å². The number of aliphatic hydroxyl groups excluding tert-OH is 1. The van der Waals surface area contributed by atoms with Gasteiger partial charge in [-0.2, -0.15) is 0 Å². The van der Waals surface area contributed by atoms with E-state index < -0.39 is 12.2 Å². The molecule has 0 spiro atoms. The number of carbonyl (C=O) groups excluding carboxylic acids is 1. The van der Waals surface area contributed by atoms with Crippen molar-refractivity contribution in [3.05, 3.63) is 29.3 Å². The lowest BCUT2D eigenvalue weighted by molar-refractivity contribution is -0.127. The standard InChI is InChI=1S/C13H18ClNO3/c1-9(16)7-8-15-13(17)10(2)18-12-6-4-3-5-11(12)14/h3-6,9-10,16H,7-8H2,1-2H3,(H,15,17). The quantitative estimate of drug-likeness (QED) is 0.832. The van der Waals surface area contributed by atoms with Gasteiger partial charge < -0.3 is 15.2 Å². The van der Waals surface area contributed by atoms with Crippen LogP contribution >= 0.6 is 11.6 Å². The first-order chi connectivity index (χ1) is 8.50. The average Bonchev–Trinajstić information content (AvgIpc) is 2.31. The lowest BCUT2D eigenvalue weighted by Crippen LogP contribution is -2.37. The fourth-order valence-corrected chi connectivity index (χ4v) is 1.51. The minimum atomic E-state index is -0.626. The molecule has 0 aliphatic rings. The molecule has 0 aromatic heterocycles. The van der Waals surface area contributed by atoms with Crippen LogP contribution in [-0.2, 0) is 4.79 Å². The van der Waals surface area contributed by atoms with Crippen molar-refractivity contribution in [3.63, 3.8) is 0 Å². The van der Waals surface area contributed by atoms with E-state index in [0.717, 1.165) is 0 Å². The second-order valence-electron chi connectivity index (χ2n) is 4.12. The van der Waals surface area contributed by atoms with Crippen LogP contribution in [0, 0.1) is 0 Å². The van der Waals surface area contributed by atoms with E-state index in [1.165, 1.54) is 0 Å². The molecule has 0 saturated carbocycles. The predicted molar refractivity (Wildman–Crippen MR) is 70.8 cm³/mol. The van der Waals surface area contributed by atoms with Gasteiger partial charge in [-0.05, 0) is 32.4 Å². The van der Waals surface area contributed by atoms with Crippen LogP contribution in [0.15, 0.2) is 24.3 Å². The summed E-state index contributed by atoms with van der Waals surface area (Å²) < 4.78 is 5.46. The minimum Gasteiger partial charge on any atom is -0.479 e. The van der Waals surface area contributed by atoms with Crippen molar-refractivity contribution in [1.82, 2.24) is 5.32 Å². The predicted octanol–water partition coefficient (Wildman–Crippen LogP) is 1.99. The number of para-hydroxylation sites is 1. The number of aliphatic hydroxyl groups is 1. The molecule has 0 aliphatic carbocycles. The minimum absolute atomic E-state index is 0.226. The Balaban J connectivity index is 2.43. The van der Waals surface area contributed by atoms with Gasteiger partial charge in [-0.15, -0.1) is 0 Å². The lowest BCUT2D eigenvalue weighted by atomic mass is 10.3. The third kappa shape index (κ3) is 4.94. The van der Waals surface area contributed by atoms with Crippen molar-refractivity contribution in [1.29, 1.82) is 0 Å². The van der Waals surface area contributed by atoms with E-state index in [2.05, 4.69) is 5.32 Å². The van der Waals surface area contributed by atoms with Crippen LogP contribution in [0.5, 0.6) is 5.75 Å². The Morgan fingerprint density at radius 2 is 2.11 bits per heavy atom. The molecule has 0 bridgehead atoms. The van der Waals surface area contributed by atoms with E-state index >= 15 is 0 Å². The number of hydrogen-bond donors (Lipinski definition) is 2. The molecule has 0 aliphatic heterocycles. The summed E-state index contributed by atoms with van der Waals surface area (Å²) in [5.74, 6) is 0.257. The molecule has 5 heteroatoms. The highest BCUT2D eigenvalue weighted by molar-refractivity contribution is 6.32. The summed E-state index contributed by atoms with van der Waals surface area (Å²) in [4.78, 5) is 11.7. The lowest BCUT2D eigenvalue weighted by Gasteiger charge is -2.15. The van der Waals surface area contributed by atoms with Crippen LogP contribution in [0.4, 0.5) is 0 Å². The monoisotopic (exact) mass is 271 g/mol. The molecular weight excluding hydrogens is 254 g/mol. The SMILES string of the molecule is CC(O)CCNC(=O)C(C)Oc1ccccc1Cl. The van der Waals surface area contributed by atoms with Crippen LogP contribution < -0.4 is 10.1 Å².